The van der Waals surface area contributed by atoms with Gasteiger partial charge in [-0.1, -0.05) is 0 Å². The number of nitrogens with one attached hydrogen (secondary N) is 6. The second kappa shape index (κ2) is 31.1. The maximum Gasteiger partial charge on any atom is 0.328 e. The van der Waals surface area contributed by atoms with Gasteiger partial charge in [0.2, 0.25) is 35.4 Å². The predicted molar refractivity (Wildman–Crippen MR) is 263 cm³/mol. The van der Waals surface area contributed by atoms with E-state index in [-0.39, 0.29) is 95.3 Å². The fraction of sp³-hybridized carbons (Fsp3) is 0.720. The number of hydrogen-bond donors (Lipinski definition) is 6. The van der Waals surface area contributed by atoms with Crippen molar-refractivity contribution in [2.75, 3.05) is 56.9 Å². The quantitative estimate of drug-likeness (QED) is 0.0331. The SMILES string of the molecule is COC(=O)CC[C@H](NC(=O)CC[C@H](NC(=O)C12CC3CC(C1)CC(C(=O)N[C@@H](CCC(=O)N[C@@H](CCC(=O)OC)C(=O)OC)C(=O)N[C@@H](CCC(=O)OC)C(=O)OC)(C3)C2)C(=O)N[C@@H](CCC(=O)OC)C(=O)OC)C(=O)OC. The molecule has 0 heterocycles. The summed E-state index contributed by atoms with van der Waals surface area (Å²) in [5.74, 6) is -11.7. The number of rotatable bonds is 32. The molecule has 4 fully saturated rings. The average Bonchev–Trinajstić information content (AvgIpc) is 3.49. The van der Waals surface area contributed by atoms with Crippen molar-refractivity contribution in [1.82, 2.24) is 31.9 Å². The first-order valence-corrected chi connectivity index (χ1v) is 25.4. The van der Waals surface area contributed by atoms with Gasteiger partial charge in [-0.25, -0.2) is 19.2 Å². The Kier molecular flexibility index (Phi) is 25.9. The van der Waals surface area contributed by atoms with Crippen LogP contribution in [0.25, 0.3) is 0 Å². The summed E-state index contributed by atoms with van der Waals surface area (Å²) in [7, 11) is 8.80. The molecule has 0 unspecified atom stereocenters. The van der Waals surface area contributed by atoms with Crippen LogP contribution >= 0.6 is 0 Å². The summed E-state index contributed by atoms with van der Waals surface area (Å²) in [5, 5.41) is 15.4. The van der Waals surface area contributed by atoms with Crippen molar-refractivity contribution in [1.29, 1.82) is 0 Å². The standard InChI is InChI=1S/C50H74N6O22/c1-71-37(59)17-11-31(43(65)75-5)51-35(57)15-9-29(41(63)53-33(45(67)77-7)13-19-39(61)73-3)55-47(69)49-22-27-21-28(23-49)25-50(24-27,26-49)48(70)56-30(42(64)54-34(46(68)78-8)14-20-40(62)74-4)10-16-36(58)52-32(44(66)76-6)12-18-38(60)72-2/h27-34H,9-26H2,1-8H3,(H,51,57)(H,52,58)(H,53,63)(H,54,64)(H,55,69)(H,56,70)/t27?,28?,29-,30-,31-,32-,33-,34-,49?,50?/m0/s1. The van der Waals surface area contributed by atoms with Gasteiger partial charge >= 0.3 is 47.8 Å². The van der Waals surface area contributed by atoms with E-state index in [1.54, 1.807) is 0 Å². The molecule has 6 amide bonds. The van der Waals surface area contributed by atoms with E-state index in [1.807, 2.05) is 0 Å². The minimum atomic E-state index is -1.56. The van der Waals surface area contributed by atoms with Crippen LogP contribution in [0.4, 0.5) is 0 Å². The number of carbonyl (C=O) groups excluding carboxylic acids is 14. The van der Waals surface area contributed by atoms with Crippen molar-refractivity contribution in [2.24, 2.45) is 22.7 Å². The van der Waals surface area contributed by atoms with Gasteiger partial charge < -0.3 is 69.8 Å². The maximum atomic E-state index is 14.9. The highest BCUT2D eigenvalue weighted by Gasteiger charge is 2.63. The molecule has 4 bridgehead atoms. The topological polar surface area (TPSA) is 385 Å². The Bertz CT molecular complexity index is 2080. The highest BCUT2D eigenvalue weighted by Crippen LogP contribution is 2.65. The Hall–Kier alpha value is -7.42. The Morgan fingerprint density at radius 1 is 0.346 bits per heavy atom. The molecule has 0 aromatic rings. The van der Waals surface area contributed by atoms with Gasteiger partial charge in [-0.3, -0.25) is 47.9 Å². The van der Waals surface area contributed by atoms with Crippen LogP contribution in [-0.4, -0.2) is 176 Å². The van der Waals surface area contributed by atoms with Gasteiger partial charge in [-0.15, -0.1) is 0 Å². The molecule has 28 heteroatoms. The number of carbonyl (C=O) groups is 14. The molecule has 28 nitrogen and oxygen atoms in total. The van der Waals surface area contributed by atoms with Crippen LogP contribution in [0.15, 0.2) is 0 Å². The van der Waals surface area contributed by atoms with Crippen molar-refractivity contribution < 1.29 is 105 Å². The lowest BCUT2D eigenvalue weighted by Gasteiger charge is -2.60. The van der Waals surface area contributed by atoms with Crippen molar-refractivity contribution in [3.05, 3.63) is 0 Å². The normalized spacial score (nSPS) is 20.9. The van der Waals surface area contributed by atoms with Crippen molar-refractivity contribution >= 4 is 83.2 Å². The second-order valence-electron chi connectivity index (χ2n) is 19.6. The number of methoxy groups -OCH3 is 8. The van der Waals surface area contributed by atoms with E-state index in [1.165, 1.54) is 0 Å². The molecule has 0 radical (unpaired) electrons. The monoisotopic (exact) mass is 1110 g/mol. The second-order valence-corrected chi connectivity index (χ2v) is 19.6. The van der Waals surface area contributed by atoms with Crippen molar-refractivity contribution in [2.45, 2.75) is 152 Å². The molecule has 0 aromatic carbocycles. The molecule has 436 valence electrons. The molecule has 0 saturated heterocycles. The molecule has 0 spiro atoms. The van der Waals surface area contributed by atoms with E-state index in [9.17, 15) is 67.1 Å². The number of esters is 8. The van der Waals surface area contributed by atoms with Crippen LogP contribution in [0.2, 0.25) is 0 Å². The molecule has 4 aliphatic carbocycles. The zero-order chi connectivity index (χ0) is 58.3. The fourth-order valence-corrected chi connectivity index (χ4v) is 10.6. The van der Waals surface area contributed by atoms with Crippen LogP contribution in [0.5, 0.6) is 0 Å². The first kappa shape index (κ1) is 64.9. The number of ether oxygens (including phenoxy) is 8. The van der Waals surface area contributed by atoms with Crippen LogP contribution in [0.1, 0.15) is 116 Å². The third kappa shape index (κ3) is 18.9. The van der Waals surface area contributed by atoms with Crippen LogP contribution in [-0.2, 0) is 105 Å². The summed E-state index contributed by atoms with van der Waals surface area (Å²) in [6.45, 7) is 0. The average molecular weight is 1110 g/mol. The Morgan fingerprint density at radius 2 is 0.603 bits per heavy atom. The molecule has 4 rings (SSSR count). The zero-order valence-electron chi connectivity index (χ0n) is 45.3. The summed E-state index contributed by atoms with van der Waals surface area (Å²) in [4.78, 5) is 184. The van der Waals surface area contributed by atoms with E-state index in [0.29, 0.717) is 6.42 Å². The van der Waals surface area contributed by atoms with E-state index in [4.69, 9.17) is 18.9 Å². The van der Waals surface area contributed by atoms with E-state index < -0.39 is 156 Å². The van der Waals surface area contributed by atoms with Crippen LogP contribution in [0.3, 0.4) is 0 Å². The summed E-state index contributed by atoms with van der Waals surface area (Å²) in [6, 6.07) is -8.55. The lowest BCUT2D eigenvalue weighted by molar-refractivity contribution is -0.169. The third-order valence-corrected chi connectivity index (χ3v) is 14.3. The van der Waals surface area contributed by atoms with Crippen LogP contribution in [0, 0.1) is 22.7 Å². The van der Waals surface area contributed by atoms with Gasteiger partial charge in [-0.05, 0) is 88.9 Å². The van der Waals surface area contributed by atoms with Gasteiger partial charge in [0.15, 0.2) is 0 Å². The summed E-state index contributed by atoms with van der Waals surface area (Å²) >= 11 is 0. The van der Waals surface area contributed by atoms with Gasteiger partial charge in [0.25, 0.3) is 0 Å². The molecule has 4 saturated carbocycles. The third-order valence-electron chi connectivity index (χ3n) is 14.3. The zero-order valence-corrected chi connectivity index (χ0v) is 45.3. The van der Waals surface area contributed by atoms with E-state index in [0.717, 1.165) is 56.9 Å². The molecule has 4 aliphatic rings. The lowest BCUT2D eigenvalue weighted by Crippen LogP contribution is -2.64. The Morgan fingerprint density at radius 3 is 0.859 bits per heavy atom. The summed E-state index contributed by atoms with van der Waals surface area (Å²) in [6.07, 6.45) is -2.34. The Balaban J connectivity index is 1.99. The lowest BCUT2D eigenvalue weighted by atomic mass is 9.43. The molecule has 78 heavy (non-hydrogen) atoms. The van der Waals surface area contributed by atoms with Gasteiger partial charge in [0.1, 0.15) is 36.3 Å². The van der Waals surface area contributed by atoms with E-state index in [2.05, 4.69) is 50.8 Å². The molecule has 0 aromatic heterocycles. The molecular formula is C50H74N6O22. The summed E-state index contributed by atoms with van der Waals surface area (Å²) in [5.41, 5.74) is -2.62. The van der Waals surface area contributed by atoms with Gasteiger partial charge in [-0.2, -0.15) is 0 Å². The smallest absolute Gasteiger partial charge is 0.328 e. The largest absolute Gasteiger partial charge is 0.469 e. The first-order valence-electron chi connectivity index (χ1n) is 25.4. The number of amides is 6. The van der Waals surface area contributed by atoms with Gasteiger partial charge in [0, 0.05) is 38.5 Å². The minimum Gasteiger partial charge on any atom is -0.469 e. The van der Waals surface area contributed by atoms with Crippen molar-refractivity contribution in [3.63, 3.8) is 0 Å². The molecule has 0 aliphatic heterocycles. The summed E-state index contributed by atoms with van der Waals surface area (Å²) < 4.78 is 37.9. The minimum absolute atomic E-state index is 0.0931. The number of hydrogen-bond acceptors (Lipinski definition) is 22. The fourth-order valence-electron chi connectivity index (χ4n) is 10.6. The molecule has 6 N–H and O–H groups in total. The molecule has 6 atom stereocenters. The maximum absolute atomic E-state index is 14.9. The predicted octanol–water partition coefficient (Wildman–Crippen LogP) is -1.45. The highest BCUT2D eigenvalue weighted by atomic mass is 16.5. The van der Waals surface area contributed by atoms with E-state index >= 15 is 0 Å². The highest BCUT2D eigenvalue weighted by molar-refractivity contribution is 5.96. The van der Waals surface area contributed by atoms with Gasteiger partial charge in [0.05, 0.1) is 67.7 Å². The Labute approximate surface area is 450 Å². The first-order chi connectivity index (χ1) is 37.0. The van der Waals surface area contributed by atoms with Crippen molar-refractivity contribution in [3.8, 4) is 0 Å². The van der Waals surface area contributed by atoms with Crippen LogP contribution < -0.4 is 31.9 Å². The molecular weight excluding hydrogens is 1040 g/mol.